The molecule has 0 aliphatic carbocycles. The van der Waals surface area contributed by atoms with E-state index in [1.54, 1.807) is 7.11 Å². The van der Waals surface area contributed by atoms with Crippen LogP contribution in [0.2, 0.25) is 0 Å². The summed E-state index contributed by atoms with van der Waals surface area (Å²) in [6.45, 7) is 12.7. The SMILES string of the molecule is CCC.CCOCCC[C@@H](C)OC.CC[C@@H](CCCC(=O)N1CCn2c(cc(C(F)(F)F)cc2=O)C1)NC. The molecule has 1 aromatic rings. The number of hydrogen-bond donors (Lipinski definition) is 1. The van der Waals surface area contributed by atoms with Crippen molar-refractivity contribution in [2.75, 3.05) is 33.9 Å². The number of nitrogens with one attached hydrogen (secondary N) is 1. The van der Waals surface area contributed by atoms with E-state index >= 15 is 0 Å². The van der Waals surface area contributed by atoms with Gasteiger partial charge in [0, 0.05) is 57.6 Å². The average Bonchev–Trinajstić information content (AvgIpc) is 2.88. The highest BCUT2D eigenvalue weighted by Gasteiger charge is 2.33. The highest BCUT2D eigenvalue weighted by molar-refractivity contribution is 5.76. The summed E-state index contributed by atoms with van der Waals surface area (Å²) in [6, 6.07) is 1.95. The first kappa shape index (κ1) is 36.1. The maximum Gasteiger partial charge on any atom is 0.416 e. The number of carbonyl (C=O) groups excluding carboxylic acids is 1. The highest BCUT2D eigenvalue weighted by Crippen LogP contribution is 2.29. The number of hydrogen-bond acceptors (Lipinski definition) is 5. The largest absolute Gasteiger partial charge is 0.416 e. The third-order valence-electron chi connectivity index (χ3n) is 6.19. The van der Waals surface area contributed by atoms with Crippen LogP contribution in [0.25, 0.3) is 0 Å². The number of fused-ring (bicyclic) bond motifs is 1. The summed E-state index contributed by atoms with van der Waals surface area (Å²) in [5.41, 5.74) is -1.39. The summed E-state index contributed by atoms with van der Waals surface area (Å²) in [7, 11) is 3.62. The van der Waals surface area contributed by atoms with Gasteiger partial charge in [-0.05, 0) is 59.1 Å². The van der Waals surface area contributed by atoms with Gasteiger partial charge < -0.3 is 24.3 Å². The van der Waals surface area contributed by atoms with Crippen LogP contribution in [0.3, 0.4) is 0 Å². The molecule has 0 aromatic carbocycles. The van der Waals surface area contributed by atoms with Crippen LogP contribution in [-0.2, 0) is 33.5 Å². The van der Waals surface area contributed by atoms with Gasteiger partial charge in [-0.25, -0.2) is 0 Å². The molecular formula is C28H50F3N3O4. The molecule has 2 atom stereocenters. The molecule has 0 saturated heterocycles. The van der Waals surface area contributed by atoms with Crippen LogP contribution in [-0.4, -0.2) is 61.4 Å². The number of ether oxygens (including phenoxy) is 2. The fraction of sp³-hybridized carbons (Fsp3) is 0.786. The Morgan fingerprint density at radius 3 is 2.29 bits per heavy atom. The Labute approximate surface area is 227 Å². The summed E-state index contributed by atoms with van der Waals surface area (Å²) < 4.78 is 50.2. The first-order chi connectivity index (χ1) is 18.0. The van der Waals surface area contributed by atoms with Crippen LogP contribution in [0, 0.1) is 0 Å². The molecule has 2 rings (SSSR count). The van der Waals surface area contributed by atoms with Crippen LogP contribution >= 0.6 is 0 Å². The Morgan fingerprint density at radius 1 is 1.11 bits per heavy atom. The molecule has 1 aromatic heterocycles. The van der Waals surface area contributed by atoms with Gasteiger partial charge >= 0.3 is 6.18 Å². The number of methoxy groups -OCH3 is 1. The smallest absolute Gasteiger partial charge is 0.382 e. The lowest BCUT2D eigenvalue weighted by atomic mass is 10.1. The van der Waals surface area contributed by atoms with E-state index in [-0.39, 0.29) is 24.7 Å². The van der Waals surface area contributed by atoms with E-state index in [0.717, 1.165) is 51.4 Å². The molecule has 1 aliphatic heterocycles. The predicted molar refractivity (Wildman–Crippen MR) is 146 cm³/mol. The number of amides is 1. The predicted octanol–water partition coefficient (Wildman–Crippen LogP) is 5.63. The van der Waals surface area contributed by atoms with Gasteiger partial charge in [-0.3, -0.25) is 9.59 Å². The minimum atomic E-state index is -4.57. The van der Waals surface area contributed by atoms with Crippen molar-refractivity contribution in [3.05, 3.63) is 33.7 Å². The second-order valence-electron chi connectivity index (χ2n) is 9.42. The van der Waals surface area contributed by atoms with Crippen molar-refractivity contribution in [2.24, 2.45) is 0 Å². The monoisotopic (exact) mass is 549 g/mol. The highest BCUT2D eigenvalue weighted by atomic mass is 19.4. The summed E-state index contributed by atoms with van der Waals surface area (Å²) in [6.07, 6.45) is 2.19. The zero-order chi connectivity index (χ0) is 29.1. The molecule has 1 aliphatic rings. The van der Waals surface area contributed by atoms with E-state index < -0.39 is 17.3 Å². The van der Waals surface area contributed by atoms with Crippen LogP contribution in [0.1, 0.15) is 90.8 Å². The van der Waals surface area contributed by atoms with Crippen molar-refractivity contribution in [1.29, 1.82) is 0 Å². The second-order valence-corrected chi connectivity index (χ2v) is 9.42. The minimum Gasteiger partial charge on any atom is -0.382 e. The quantitative estimate of drug-likeness (QED) is 0.342. The van der Waals surface area contributed by atoms with Crippen molar-refractivity contribution < 1.29 is 27.4 Å². The maximum absolute atomic E-state index is 12.9. The topological polar surface area (TPSA) is 72.8 Å². The standard InChI is InChI=1S/C17H24F3N3O2.C8H18O2.C3H8/c1-3-13(21-2)5-4-6-15(24)22-7-8-23-14(11-22)9-12(10-16(23)25)17(18,19)20;1-4-10-7-5-6-8(2)9-3;1-3-2/h9-10,13,21H,3-8,11H2,1-2H3;8H,4-7H2,1-3H3;3H2,1-2H3/t13-;8-;/m01./s1. The molecule has 0 fully saturated rings. The molecule has 10 heteroatoms. The van der Waals surface area contributed by atoms with Gasteiger partial charge in [-0.15, -0.1) is 0 Å². The summed E-state index contributed by atoms with van der Waals surface area (Å²) in [5, 5.41) is 3.18. The molecule has 38 heavy (non-hydrogen) atoms. The Hall–Kier alpha value is -1.91. The lowest BCUT2D eigenvalue weighted by Crippen LogP contribution is -2.42. The second kappa shape index (κ2) is 20.1. The number of aromatic nitrogens is 1. The van der Waals surface area contributed by atoms with Crippen LogP contribution in [0.5, 0.6) is 0 Å². The number of rotatable bonds is 12. The third kappa shape index (κ3) is 14.3. The number of alkyl halides is 3. The number of pyridine rings is 1. The van der Waals surface area contributed by atoms with E-state index in [1.165, 1.54) is 15.9 Å². The summed E-state index contributed by atoms with van der Waals surface area (Å²) in [5.74, 6) is -0.0814. The molecule has 0 spiro atoms. The Bertz CT molecular complexity index is 827. The molecule has 222 valence electrons. The number of carbonyl (C=O) groups is 1. The van der Waals surface area contributed by atoms with E-state index in [0.29, 0.717) is 31.2 Å². The molecule has 1 amide bonds. The molecule has 0 saturated carbocycles. The van der Waals surface area contributed by atoms with Crippen LogP contribution < -0.4 is 10.9 Å². The summed E-state index contributed by atoms with van der Waals surface area (Å²) in [4.78, 5) is 25.7. The van der Waals surface area contributed by atoms with E-state index in [2.05, 4.69) is 33.0 Å². The third-order valence-corrected chi connectivity index (χ3v) is 6.19. The molecule has 2 heterocycles. The van der Waals surface area contributed by atoms with Crippen molar-refractivity contribution in [2.45, 2.75) is 111 Å². The number of halogens is 3. The van der Waals surface area contributed by atoms with Crippen molar-refractivity contribution in [3.63, 3.8) is 0 Å². The Morgan fingerprint density at radius 2 is 1.76 bits per heavy atom. The van der Waals surface area contributed by atoms with Gasteiger partial charge in [-0.2, -0.15) is 13.2 Å². The fourth-order valence-corrected chi connectivity index (χ4v) is 3.85. The molecule has 1 N–H and O–H groups in total. The molecule has 0 bridgehead atoms. The first-order valence-corrected chi connectivity index (χ1v) is 13.8. The van der Waals surface area contributed by atoms with Gasteiger partial charge in [-0.1, -0.05) is 27.2 Å². The van der Waals surface area contributed by atoms with Crippen LogP contribution in [0.4, 0.5) is 13.2 Å². The zero-order valence-electron chi connectivity index (χ0n) is 24.5. The molecule has 7 nitrogen and oxygen atoms in total. The van der Waals surface area contributed by atoms with Gasteiger partial charge in [0.1, 0.15) is 0 Å². The number of nitrogens with zero attached hydrogens (tertiary/aromatic N) is 2. The van der Waals surface area contributed by atoms with Gasteiger partial charge in [0.05, 0.1) is 18.2 Å². The van der Waals surface area contributed by atoms with Gasteiger partial charge in [0.2, 0.25) is 5.91 Å². The van der Waals surface area contributed by atoms with Crippen molar-refractivity contribution in [1.82, 2.24) is 14.8 Å². The Kier molecular flexibility index (Phi) is 19.0. The lowest BCUT2D eigenvalue weighted by Gasteiger charge is -2.30. The maximum atomic E-state index is 12.9. The average molecular weight is 550 g/mol. The molecule has 0 radical (unpaired) electrons. The first-order valence-electron chi connectivity index (χ1n) is 13.8. The van der Waals surface area contributed by atoms with E-state index in [4.69, 9.17) is 9.47 Å². The molecule has 0 unspecified atom stereocenters. The van der Waals surface area contributed by atoms with Gasteiger partial charge in [0.15, 0.2) is 0 Å². The van der Waals surface area contributed by atoms with Crippen LogP contribution in [0.15, 0.2) is 16.9 Å². The summed E-state index contributed by atoms with van der Waals surface area (Å²) >= 11 is 0. The fourth-order valence-electron chi connectivity index (χ4n) is 3.85. The minimum absolute atomic E-state index is 0.0429. The van der Waals surface area contributed by atoms with Crippen molar-refractivity contribution >= 4 is 5.91 Å². The van der Waals surface area contributed by atoms with E-state index in [9.17, 15) is 22.8 Å². The Balaban J connectivity index is 0.000000880. The molecular weight excluding hydrogens is 499 g/mol. The van der Waals surface area contributed by atoms with Crippen molar-refractivity contribution in [3.8, 4) is 0 Å². The van der Waals surface area contributed by atoms with E-state index in [1.807, 2.05) is 14.0 Å². The zero-order valence-corrected chi connectivity index (χ0v) is 24.5. The van der Waals surface area contributed by atoms with Gasteiger partial charge in [0.25, 0.3) is 5.56 Å². The normalized spacial score (nSPS) is 14.4. The lowest BCUT2D eigenvalue weighted by molar-refractivity contribution is -0.137.